The van der Waals surface area contributed by atoms with Crippen molar-refractivity contribution in [2.24, 2.45) is 5.92 Å². The molecule has 0 saturated heterocycles. The summed E-state index contributed by atoms with van der Waals surface area (Å²) in [6.45, 7) is 6.07. The highest BCUT2D eigenvalue weighted by atomic mass is 16.4. The van der Waals surface area contributed by atoms with Crippen molar-refractivity contribution in [1.29, 1.82) is 0 Å². The number of amides is 1. The van der Waals surface area contributed by atoms with Crippen LogP contribution in [0.25, 0.3) is 0 Å². The summed E-state index contributed by atoms with van der Waals surface area (Å²) in [6.07, 6.45) is 3.32. The van der Waals surface area contributed by atoms with Gasteiger partial charge in [-0.25, -0.2) is 0 Å². The van der Waals surface area contributed by atoms with Gasteiger partial charge < -0.3 is 10.4 Å². The summed E-state index contributed by atoms with van der Waals surface area (Å²) < 4.78 is 0. The molecule has 2 N–H and O–H groups in total. The third-order valence-electron chi connectivity index (χ3n) is 3.08. The minimum atomic E-state index is -0.964. The van der Waals surface area contributed by atoms with Crippen molar-refractivity contribution in [3.8, 4) is 0 Å². The van der Waals surface area contributed by atoms with Crippen LogP contribution in [0.15, 0.2) is 24.5 Å². The van der Waals surface area contributed by atoms with Crippen LogP contribution in [0.2, 0.25) is 0 Å². The third-order valence-corrected chi connectivity index (χ3v) is 3.08. The van der Waals surface area contributed by atoms with Crippen LogP contribution < -0.4 is 5.32 Å². The first kappa shape index (κ1) is 15.1. The van der Waals surface area contributed by atoms with Crippen molar-refractivity contribution in [3.05, 3.63) is 30.1 Å². The van der Waals surface area contributed by atoms with Gasteiger partial charge in [-0.3, -0.25) is 14.6 Å². The lowest BCUT2D eigenvalue weighted by Crippen LogP contribution is -2.39. The number of carboxylic acid groups (broad SMARTS) is 1. The number of carbonyl (C=O) groups is 2. The largest absolute Gasteiger partial charge is 0.481 e. The Bertz CT molecular complexity index is 443. The minimum absolute atomic E-state index is 0.154. The van der Waals surface area contributed by atoms with Gasteiger partial charge in [-0.05, 0) is 11.6 Å². The Balaban J connectivity index is 2.56. The van der Waals surface area contributed by atoms with Gasteiger partial charge in [-0.1, -0.05) is 26.8 Å². The molecular formula is C14H20N2O3. The maximum atomic E-state index is 11.8. The van der Waals surface area contributed by atoms with Gasteiger partial charge in [0, 0.05) is 30.3 Å². The number of aromatic nitrogens is 1. The molecule has 0 aliphatic rings. The normalized spacial score (nSPS) is 12.8. The lowest BCUT2D eigenvalue weighted by Gasteiger charge is -2.25. The van der Waals surface area contributed by atoms with Gasteiger partial charge in [0.15, 0.2) is 0 Å². The zero-order valence-corrected chi connectivity index (χ0v) is 11.5. The second-order valence-corrected chi connectivity index (χ2v) is 5.34. The molecule has 1 atom stereocenters. The Morgan fingerprint density at radius 2 is 2.16 bits per heavy atom. The third kappa shape index (κ3) is 4.69. The number of rotatable bonds is 6. The minimum Gasteiger partial charge on any atom is -0.481 e. The molecule has 5 heteroatoms. The van der Waals surface area contributed by atoms with Crippen molar-refractivity contribution in [2.75, 3.05) is 6.54 Å². The van der Waals surface area contributed by atoms with Crippen molar-refractivity contribution in [1.82, 2.24) is 10.3 Å². The molecule has 0 aliphatic heterocycles. The molecule has 1 aromatic rings. The molecule has 19 heavy (non-hydrogen) atoms. The quantitative estimate of drug-likeness (QED) is 0.817. The average molecular weight is 264 g/mol. The lowest BCUT2D eigenvalue weighted by molar-refractivity contribution is -0.140. The first-order valence-electron chi connectivity index (χ1n) is 6.23. The van der Waals surface area contributed by atoms with E-state index in [2.05, 4.69) is 10.3 Å². The number of hydrogen-bond acceptors (Lipinski definition) is 3. The summed E-state index contributed by atoms with van der Waals surface area (Å²) in [5, 5.41) is 11.4. The molecule has 0 bridgehead atoms. The summed E-state index contributed by atoms with van der Waals surface area (Å²) >= 11 is 0. The van der Waals surface area contributed by atoms with Crippen LogP contribution in [0.1, 0.15) is 32.8 Å². The first-order valence-corrected chi connectivity index (χ1v) is 6.23. The van der Waals surface area contributed by atoms with Crippen LogP contribution in [0.3, 0.4) is 0 Å². The molecule has 1 unspecified atom stereocenters. The van der Waals surface area contributed by atoms with E-state index in [1.54, 1.807) is 19.3 Å². The predicted octanol–water partition coefficient (Wildman–Crippen LogP) is 1.59. The second kappa shape index (κ2) is 6.31. The van der Waals surface area contributed by atoms with Gasteiger partial charge in [-0.15, -0.1) is 0 Å². The maximum Gasteiger partial charge on any atom is 0.304 e. The van der Waals surface area contributed by atoms with Crippen molar-refractivity contribution < 1.29 is 14.7 Å². The van der Waals surface area contributed by atoms with E-state index in [-0.39, 0.29) is 17.7 Å². The fourth-order valence-corrected chi connectivity index (χ4v) is 1.70. The zero-order valence-electron chi connectivity index (χ0n) is 11.5. The second-order valence-electron chi connectivity index (χ2n) is 5.34. The fraction of sp³-hybridized carbons (Fsp3) is 0.500. The molecule has 0 aliphatic carbocycles. The number of carbonyl (C=O) groups excluding carboxylic acids is 1. The van der Waals surface area contributed by atoms with E-state index in [1.807, 2.05) is 26.0 Å². The van der Waals surface area contributed by atoms with Crippen molar-refractivity contribution in [3.63, 3.8) is 0 Å². The number of aliphatic carboxylic acids is 1. The van der Waals surface area contributed by atoms with Crippen LogP contribution in [-0.4, -0.2) is 28.5 Å². The first-order chi connectivity index (χ1) is 8.83. The molecular weight excluding hydrogens is 244 g/mol. The molecule has 1 amide bonds. The van der Waals surface area contributed by atoms with E-state index in [4.69, 9.17) is 5.11 Å². The van der Waals surface area contributed by atoms with E-state index >= 15 is 0 Å². The molecule has 0 spiro atoms. The van der Waals surface area contributed by atoms with Gasteiger partial charge in [-0.2, -0.15) is 0 Å². The number of carboxylic acids is 1. The standard InChI is InChI=1S/C14H20N2O3/c1-10(7-12(17)18)13(19)16-9-14(2,3)11-5-4-6-15-8-11/h4-6,8,10H,7,9H2,1-3H3,(H,16,19)(H,17,18). The SMILES string of the molecule is CC(CC(=O)O)C(=O)NCC(C)(C)c1cccnc1. The highest BCUT2D eigenvalue weighted by molar-refractivity contribution is 5.82. The Morgan fingerprint density at radius 1 is 1.47 bits per heavy atom. The molecule has 1 heterocycles. The zero-order chi connectivity index (χ0) is 14.5. The van der Waals surface area contributed by atoms with E-state index < -0.39 is 11.9 Å². The monoisotopic (exact) mass is 264 g/mol. The highest BCUT2D eigenvalue weighted by Crippen LogP contribution is 2.21. The van der Waals surface area contributed by atoms with E-state index in [0.717, 1.165) is 5.56 Å². The highest BCUT2D eigenvalue weighted by Gasteiger charge is 2.23. The Hall–Kier alpha value is -1.91. The van der Waals surface area contributed by atoms with Gasteiger partial charge in [0.1, 0.15) is 0 Å². The summed E-state index contributed by atoms with van der Waals surface area (Å²) in [7, 11) is 0. The Morgan fingerprint density at radius 3 is 2.68 bits per heavy atom. The van der Waals surface area contributed by atoms with Crippen LogP contribution in [0.4, 0.5) is 0 Å². The van der Waals surface area contributed by atoms with Crippen LogP contribution in [0, 0.1) is 5.92 Å². The number of hydrogen-bond donors (Lipinski definition) is 2. The number of pyridine rings is 1. The maximum absolute atomic E-state index is 11.8. The summed E-state index contributed by atoms with van der Waals surface area (Å²) in [4.78, 5) is 26.4. The number of nitrogens with zero attached hydrogens (tertiary/aromatic N) is 1. The molecule has 5 nitrogen and oxygen atoms in total. The Kier molecular flexibility index (Phi) is 5.03. The van der Waals surface area contributed by atoms with Gasteiger partial charge in [0.05, 0.1) is 6.42 Å². The van der Waals surface area contributed by atoms with Crippen molar-refractivity contribution in [2.45, 2.75) is 32.6 Å². The summed E-state index contributed by atoms with van der Waals surface area (Å²) in [5.41, 5.74) is 0.786. The van der Waals surface area contributed by atoms with Gasteiger partial charge >= 0.3 is 5.97 Å². The topological polar surface area (TPSA) is 79.3 Å². The molecule has 0 radical (unpaired) electrons. The van der Waals surface area contributed by atoms with E-state index in [9.17, 15) is 9.59 Å². The lowest BCUT2D eigenvalue weighted by atomic mass is 9.85. The Labute approximate surface area is 113 Å². The van der Waals surface area contributed by atoms with Gasteiger partial charge in [0.2, 0.25) is 5.91 Å². The predicted molar refractivity (Wildman–Crippen MR) is 71.7 cm³/mol. The molecule has 0 saturated carbocycles. The molecule has 0 aromatic carbocycles. The van der Waals surface area contributed by atoms with Crippen LogP contribution >= 0.6 is 0 Å². The van der Waals surface area contributed by atoms with Crippen molar-refractivity contribution >= 4 is 11.9 Å². The summed E-state index contributed by atoms with van der Waals surface area (Å²) in [5.74, 6) is -1.73. The molecule has 1 aromatic heterocycles. The molecule has 104 valence electrons. The smallest absolute Gasteiger partial charge is 0.304 e. The average Bonchev–Trinajstić information content (AvgIpc) is 2.36. The number of nitrogens with one attached hydrogen (secondary N) is 1. The summed E-state index contributed by atoms with van der Waals surface area (Å²) in [6, 6.07) is 3.81. The van der Waals surface area contributed by atoms with E-state index in [0.29, 0.717) is 6.54 Å². The van der Waals surface area contributed by atoms with Gasteiger partial charge in [0.25, 0.3) is 0 Å². The van der Waals surface area contributed by atoms with Crippen LogP contribution in [-0.2, 0) is 15.0 Å². The molecule has 1 rings (SSSR count). The fourth-order valence-electron chi connectivity index (χ4n) is 1.70. The van der Waals surface area contributed by atoms with E-state index in [1.165, 1.54) is 0 Å². The molecule has 0 fully saturated rings. The van der Waals surface area contributed by atoms with Crippen LogP contribution in [0.5, 0.6) is 0 Å².